The van der Waals surface area contributed by atoms with Crippen LogP contribution in [0.5, 0.6) is 0 Å². The molecule has 1 N–H and O–H groups in total. The lowest BCUT2D eigenvalue weighted by atomic mass is 10.1. The molecule has 0 bridgehead atoms. The van der Waals surface area contributed by atoms with Crippen LogP contribution < -0.4 is 5.32 Å². The lowest BCUT2D eigenvalue weighted by Crippen LogP contribution is -2.35. The van der Waals surface area contributed by atoms with E-state index in [1.165, 1.54) is 11.3 Å². The van der Waals surface area contributed by atoms with E-state index in [1.54, 1.807) is 7.11 Å². The summed E-state index contributed by atoms with van der Waals surface area (Å²) in [5.74, 6) is 1.80. The highest BCUT2D eigenvalue weighted by Crippen LogP contribution is 2.19. The summed E-state index contributed by atoms with van der Waals surface area (Å²) in [7, 11) is 1.65. The minimum Gasteiger partial charge on any atom is -0.377 e. The van der Waals surface area contributed by atoms with Crippen molar-refractivity contribution in [1.82, 2.24) is 25.1 Å². The molecule has 0 unspecified atom stereocenters. The first kappa shape index (κ1) is 16.1. The summed E-state index contributed by atoms with van der Waals surface area (Å²) < 4.78 is 7.27. The number of aryl methyl sites for hydroxylation is 3. The number of nitrogens with one attached hydrogen (secondary N) is 1. The van der Waals surface area contributed by atoms with Gasteiger partial charge in [-0.05, 0) is 26.7 Å². The van der Waals surface area contributed by atoms with Gasteiger partial charge < -0.3 is 14.6 Å². The highest BCUT2D eigenvalue weighted by Gasteiger charge is 2.23. The molecular weight excluding hydrogens is 314 g/mol. The van der Waals surface area contributed by atoms with Gasteiger partial charge in [-0.3, -0.25) is 4.79 Å². The van der Waals surface area contributed by atoms with Gasteiger partial charge >= 0.3 is 0 Å². The molecule has 23 heavy (non-hydrogen) atoms. The van der Waals surface area contributed by atoms with Crippen LogP contribution in [0.15, 0.2) is 0 Å². The van der Waals surface area contributed by atoms with Gasteiger partial charge in [-0.2, -0.15) is 0 Å². The monoisotopic (exact) mass is 335 g/mol. The molecule has 0 saturated heterocycles. The maximum absolute atomic E-state index is 12.4. The summed E-state index contributed by atoms with van der Waals surface area (Å²) in [6.07, 6.45) is 2.54. The van der Waals surface area contributed by atoms with Crippen LogP contribution in [-0.2, 0) is 24.3 Å². The zero-order chi connectivity index (χ0) is 16.4. The highest BCUT2D eigenvalue weighted by molar-refractivity contribution is 7.13. The quantitative estimate of drug-likeness (QED) is 0.918. The molecule has 0 radical (unpaired) electrons. The number of methoxy groups -OCH3 is 1. The second-order valence-corrected chi connectivity index (χ2v) is 6.97. The van der Waals surface area contributed by atoms with E-state index in [1.807, 2.05) is 13.8 Å². The normalized spacial score (nSPS) is 17.6. The molecule has 3 rings (SSSR count). The number of rotatable bonds is 4. The van der Waals surface area contributed by atoms with Crippen molar-refractivity contribution in [1.29, 1.82) is 0 Å². The average Bonchev–Trinajstić information content (AvgIpc) is 2.98. The molecule has 0 spiro atoms. The predicted molar refractivity (Wildman–Crippen MR) is 86.5 cm³/mol. The SMILES string of the molecule is COCc1nnc2n1CC[C@@H](NC(=O)c1sc(C)nc1C)CC2. The molecule has 124 valence electrons. The van der Waals surface area contributed by atoms with Gasteiger partial charge in [0.15, 0.2) is 5.82 Å². The third-order valence-corrected chi connectivity index (χ3v) is 5.11. The van der Waals surface area contributed by atoms with Crippen molar-refractivity contribution in [2.45, 2.75) is 52.3 Å². The number of aromatic nitrogens is 4. The van der Waals surface area contributed by atoms with Gasteiger partial charge in [0.1, 0.15) is 17.3 Å². The van der Waals surface area contributed by atoms with Crippen molar-refractivity contribution < 1.29 is 9.53 Å². The minimum absolute atomic E-state index is 0.0205. The summed E-state index contributed by atoms with van der Waals surface area (Å²) in [5, 5.41) is 12.5. The second kappa shape index (κ2) is 6.76. The molecule has 1 amide bonds. The molecule has 2 aromatic heterocycles. The Bertz CT molecular complexity index is 709. The topological polar surface area (TPSA) is 81.9 Å². The van der Waals surface area contributed by atoms with Crippen LogP contribution in [0.3, 0.4) is 0 Å². The van der Waals surface area contributed by atoms with Crippen LogP contribution >= 0.6 is 11.3 Å². The Morgan fingerprint density at radius 2 is 2.22 bits per heavy atom. The summed E-state index contributed by atoms with van der Waals surface area (Å²) in [6.45, 7) is 5.06. The first-order chi connectivity index (χ1) is 11.1. The highest BCUT2D eigenvalue weighted by atomic mass is 32.1. The number of hydrogen-bond donors (Lipinski definition) is 1. The predicted octanol–water partition coefficient (Wildman–Crippen LogP) is 1.63. The van der Waals surface area contributed by atoms with Crippen LogP contribution in [0.4, 0.5) is 0 Å². The van der Waals surface area contributed by atoms with Crippen molar-refractivity contribution in [3.63, 3.8) is 0 Å². The molecule has 0 saturated carbocycles. The number of thiazole rings is 1. The number of nitrogens with zero attached hydrogens (tertiary/aromatic N) is 4. The largest absolute Gasteiger partial charge is 0.377 e. The van der Waals surface area contributed by atoms with E-state index in [0.717, 1.165) is 48.2 Å². The van der Waals surface area contributed by atoms with Crippen molar-refractivity contribution >= 4 is 17.2 Å². The fraction of sp³-hybridized carbons (Fsp3) is 0.600. The van der Waals surface area contributed by atoms with Gasteiger partial charge in [-0.15, -0.1) is 21.5 Å². The van der Waals surface area contributed by atoms with Gasteiger partial charge in [0.05, 0.1) is 10.7 Å². The molecule has 7 nitrogen and oxygen atoms in total. The first-order valence-corrected chi connectivity index (χ1v) is 8.55. The van der Waals surface area contributed by atoms with Crippen molar-refractivity contribution in [2.24, 2.45) is 0 Å². The summed E-state index contributed by atoms with van der Waals surface area (Å²) in [5.41, 5.74) is 0.804. The third kappa shape index (κ3) is 3.42. The first-order valence-electron chi connectivity index (χ1n) is 7.73. The third-order valence-electron chi connectivity index (χ3n) is 4.04. The summed E-state index contributed by atoms with van der Waals surface area (Å²) in [6, 6.07) is 0.140. The maximum Gasteiger partial charge on any atom is 0.263 e. The maximum atomic E-state index is 12.4. The van der Waals surface area contributed by atoms with E-state index in [0.29, 0.717) is 11.5 Å². The Labute approximate surface area is 139 Å². The molecule has 8 heteroatoms. The van der Waals surface area contributed by atoms with Crippen LogP contribution in [0.2, 0.25) is 0 Å². The Morgan fingerprint density at radius 3 is 2.91 bits per heavy atom. The van der Waals surface area contributed by atoms with Crippen LogP contribution in [0.25, 0.3) is 0 Å². The van der Waals surface area contributed by atoms with E-state index in [2.05, 4.69) is 25.1 Å². The fourth-order valence-corrected chi connectivity index (χ4v) is 3.74. The smallest absolute Gasteiger partial charge is 0.263 e. The molecule has 0 aliphatic carbocycles. The minimum atomic E-state index is -0.0205. The Kier molecular flexibility index (Phi) is 4.72. The molecule has 0 aromatic carbocycles. The Hall–Kier alpha value is -1.80. The molecule has 1 aliphatic heterocycles. The van der Waals surface area contributed by atoms with Crippen molar-refractivity contribution in [2.75, 3.05) is 7.11 Å². The Morgan fingerprint density at radius 1 is 1.39 bits per heavy atom. The Balaban J connectivity index is 1.65. The van der Waals surface area contributed by atoms with E-state index >= 15 is 0 Å². The van der Waals surface area contributed by atoms with Crippen molar-refractivity contribution in [3.05, 3.63) is 27.2 Å². The number of amides is 1. The van der Waals surface area contributed by atoms with E-state index < -0.39 is 0 Å². The van der Waals surface area contributed by atoms with Gasteiger partial charge in [0.2, 0.25) is 0 Å². The zero-order valence-electron chi connectivity index (χ0n) is 13.6. The number of fused-ring (bicyclic) bond motifs is 1. The second-order valence-electron chi connectivity index (χ2n) is 5.76. The molecule has 3 heterocycles. The lowest BCUT2D eigenvalue weighted by molar-refractivity contribution is 0.0936. The summed E-state index contributed by atoms with van der Waals surface area (Å²) >= 11 is 1.45. The standard InChI is InChI=1S/C15H21N5O2S/c1-9-14(23-10(2)16-9)15(21)17-11-4-5-12-18-19-13(8-22-3)20(12)7-6-11/h11H,4-8H2,1-3H3,(H,17,21)/t11-/m0/s1. The van der Waals surface area contributed by atoms with Gasteiger partial charge in [0.25, 0.3) is 5.91 Å². The molecule has 1 atom stereocenters. The molecule has 0 fully saturated rings. The number of carbonyl (C=O) groups is 1. The van der Waals surface area contributed by atoms with Crippen LogP contribution in [0.1, 0.15) is 44.9 Å². The fourth-order valence-electron chi connectivity index (χ4n) is 2.92. The zero-order valence-corrected chi connectivity index (χ0v) is 14.4. The van der Waals surface area contributed by atoms with Crippen LogP contribution in [0, 0.1) is 13.8 Å². The van der Waals surface area contributed by atoms with Gasteiger partial charge in [0, 0.05) is 26.1 Å². The molecule has 2 aromatic rings. The van der Waals surface area contributed by atoms with Crippen LogP contribution in [-0.4, -0.2) is 38.8 Å². The van der Waals surface area contributed by atoms with E-state index in [4.69, 9.17) is 4.74 Å². The van der Waals surface area contributed by atoms with Gasteiger partial charge in [-0.25, -0.2) is 4.98 Å². The van der Waals surface area contributed by atoms with Gasteiger partial charge in [-0.1, -0.05) is 0 Å². The van der Waals surface area contributed by atoms with E-state index in [-0.39, 0.29) is 11.9 Å². The number of carbonyl (C=O) groups excluding carboxylic acids is 1. The van der Waals surface area contributed by atoms with E-state index in [9.17, 15) is 4.79 Å². The average molecular weight is 335 g/mol. The number of hydrogen-bond acceptors (Lipinski definition) is 6. The summed E-state index contributed by atoms with van der Waals surface area (Å²) in [4.78, 5) is 17.5. The van der Waals surface area contributed by atoms with Crippen molar-refractivity contribution in [3.8, 4) is 0 Å². The molecule has 1 aliphatic rings. The lowest BCUT2D eigenvalue weighted by Gasteiger charge is -2.15. The number of ether oxygens (including phenoxy) is 1. The molecular formula is C15H21N5O2S.